The van der Waals surface area contributed by atoms with Crippen LogP contribution in [-0.2, 0) is 11.4 Å². The van der Waals surface area contributed by atoms with Gasteiger partial charge in [-0.05, 0) is 0 Å². The molecule has 0 heterocycles. The lowest BCUT2D eigenvalue weighted by molar-refractivity contribution is -0.138. The number of para-hydroxylation sites is 1. The summed E-state index contributed by atoms with van der Waals surface area (Å²) in [6.07, 6.45) is 0. The normalized spacial score (nSPS) is 12.4. The number of rotatable bonds is 3. The average molecular weight is 197 g/mol. The van der Waals surface area contributed by atoms with Crippen LogP contribution in [-0.4, -0.2) is 21.3 Å². The summed E-state index contributed by atoms with van der Waals surface area (Å²) in [6.45, 7) is -0.355. The largest absolute Gasteiger partial charge is 0.507 e. The lowest BCUT2D eigenvalue weighted by Crippen LogP contribution is -2.20. The van der Waals surface area contributed by atoms with Gasteiger partial charge in [0.15, 0.2) is 0 Å². The van der Waals surface area contributed by atoms with E-state index in [1.807, 2.05) is 0 Å². The molecule has 1 unspecified atom stereocenters. The number of phenols is 1. The minimum absolute atomic E-state index is 0.101. The van der Waals surface area contributed by atoms with Crippen LogP contribution < -0.4 is 5.73 Å². The number of hydrogen-bond donors (Lipinski definition) is 4. The van der Waals surface area contributed by atoms with Gasteiger partial charge in [0.25, 0.3) is 0 Å². The first kappa shape index (κ1) is 10.5. The van der Waals surface area contributed by atoms with E-state index >= 15 is 0 Å². The molecule has 1 rings (SSSR count). The van der Waals surface area contributed by atoms with Gasteiger partial charge in [0.1, 0.15) is 11.8 Å². The van der Waals surface area contributed by atoms with Gasteiger partial charge in [0, 0.05) is 11.1 Å². The second-order valence-corrected chi connectivity index (χ2v) is 2.83. The Labute approximate surface area is 80.4 Å². The summed E-state index contributed by atoms with van der Waals surface area (Å²) >= 11 is 0. The SMILES string of the molecule is NC(C(=O)O)c1cccc(CO)c1O. The van der Waals surface area contributed by atoms with E-state index in [-0.39, 0.29) is 23.5 Å². The van der Waals surface area contributed by atoms with Gasteiger partial charge >= 0.3 is 5.97 Å². The van der Waals surface area contributed by atoms with Crippen molar-refractivity contribution in [3.63, 3.8) is 0 Å². The van der Waals surface area contributed by atoms with Gasteiger partial charge in [-0.3, -0.25) is 4.79 Å². The van der Waals surface area contributed by atoms with Gasteiger partial charge in [-0.1, -0.05) is 18.2 Å². The molecule has 0 aromatic heterocycles. The number of aliphatic hydroxyl groups is 1. The third kappa shape index (κ3) is 1.84. The zero-order valence-corrected chi connectivity index (χ0v) is 7.34. The number of hydrogen-bond acceptors (Lipinski definition) is 4. The Kier molecular flexibility index (Phi) is 3.06. The summed E-state index contributed by atoms with van der Waals surface area (Å²) < 4.78 is 0. The Morgan fingerprint density at radius 3 is 2.64 bits per heavy atom. The van der Waals surface area contributed by atoms with Crippen LogP contribution in [0.4, 0.5) is 0 Å². The lowest BCUT2D eigenvalue weighted by Gasteiger charge is -2.11. The first-order valence-corrected chi connectivity index (χ1v) is 3.98. The summed E-state index contributed by atoms with van der Waals surface area (Å²) in [5, 5.41) is 26.9. The molecule has 0 saturated heterocycles. The van der Waals surface area contributed by atoms with Crippen molar-refractivity contribution in [1.82, 2.24) is 0 Å². The van der Waals surface area contributed by atoms with Crippen molar-refractivity contribution >= 4 is 5.97 Å². The number of aliphatic carboxylic acids is 1. The van der Waals surface area contributed by atoms with Crippen LogP contribution in [0.1, 0.15) is 17.2 Å². The van der Waals surface area contributed by atoms with E-state index in [9.17, 15) is 9.90 Å². The maximum Gasteiger partial charge on any atom is 0.325 e. The van der Waals surface area contributed by atoms with Crippen LogP contribution >= 0.6 is 0 Å². The average Bonchev–Trinajstić information content (AvgIpc) is 2.17. The Hall–Kier alpha value is -1.59. The molecular formula is C9H11NO4. The first-order valence-electron chi connectivity index (χ1n) is 3.98. The predicted molar refractivity (Wildman–Crippen MR) is 48.6 cm³/mol. The van der Waals surface area contributed by atoms with E-state index in [0.29, 0.717) is 0 Å². The minimum atomic E-state index is -1.28. The molecule has 14 heavy (non-hydrogen) atoms. The van der Waals surface area contributed by atoms with Crippen LogP contribution in [0.5, 0.6) is 5.75 Å². The van der Waals surface area contributed by atoms with Crippen molar-refractivity contribution in [2.45, 2.75) is 12.6 Å². The highest BCUT2D eigenvalue weighted by atomic mass is 16.4. The topological polar surface area (TPSA) is 104 Å². The van der Waals surface area contributed by atoms with E-state index in [1.54, 1.807) is 0 Å². The molecule has 0 amide bonds. The molecule has 0 aliphatic carbocycles. The van der Waals surface area contributed by atoms with E-state index in [4.69, 9.17) is 15.9 Å². The standard InChI is InChI=1S/C9H11NO4/c10-7(9(13)14)6-3-1-2-5(4-11)8(6)12/h1-3,7,11-12H,4,10H2,(H,13,14). The zero-order chi connectivity index (χ0) is 10.7. The fraction of sp³-hybridized carbons (Fsp3) is 0.222. The molecule has 76 valence electrons. The van der Waals surface area contributed by atoms with Gasteiger partial charge in [-0.15, -0.1) is 0 Å². The third-order valence-electron chi connectivity index (χ3n) is 1.92. The Balaban J connectivity index is 3.15. The van der Waals surface area contributed by atoms with Gasteiger partial charge < -0.3 is 21.1 Å². The second-order valence-electron chi connectivity index (χ2n) is 2.83. The predicted octanol–water partition coefficient (Wildman–Crippen LogP) is -0.0311. The molecule has 0 radical (unpaired) electrons. The quantitative estimate of drug-likeness (QED) is 0.544. The van der Waals surface area contributed by atoms with E-state index in [1.165, 1.54) is 18.2 Å². The van der Waals surface area contributed by atoms with Gasteiger partial charge in [0.05, 0.1) is 6.61 Å². The number of carboxylic acid groups (broad SMARTS) is 1. The van der Waals surface area contributed by atoms with Crippen LogP contribution in [0.3, 0.4) is 0 Å². The Morgan fingerprint density at radius 1 is 1.50 bits per heavy atom. The molecule has 1 atom stereocenters. The molecule has 0 bridgehead atoms. The molecule has 5 heteroatoms. The smallest absolute Gasteiger partial charge is 0.325 e. The van der Waals surface area contributed by atoms with E-state index < -0.39 is 12.0 Å². The molecule has 0 fully saturated rings. The maximum atomic E-state index is 10.6. The van der Waals surface area contributed by atoms with Gasteiger partial charge in [-0.2, -0.15) is 0 Å². The Bertz CT molecular complexity index is 351. The van der Waals surface area contributed by atoms with Crippen molar-refractivity contribution in [1.29, 1.82) is 0 Å². The highest BCUT2D eigenvalue weighted by Crippen LogP contribution is 2.26. The molecule has 5 N–H and O–H groups in total. The fourth-order valence-electron chi connectivity index (χ4n) is 1.12. The maximum absolute atomic E-state index is 10.6. The lowest BCUT2D eigenvalue weighted by atomic mass is 10.0. The number of nitrogens with two attached hydrogens (primary N) is 1. The number of carbonyl (C=O) groups is 1. The summed E-state index contributed by atoms with van der Waals surface area (Å²) in [5.41, 5.74) is 5.69. The molecule has 0 saturated carbocycles. The minimum Gasteiger partial charge on any atom is -0.507 e. The molecule has 0 aliphatic rings. The highest BCUT2D eigenvalue weighted by Gasteiger charge is 2.19. The van der Waals surface area contributed by atoms with Crippen molar-refractivity contribution in [3.05, 3.63) is 29.3 Å². The second kappa shape index (κ2) is 4.08. The number of benzene rings is 1. The highest BCUT2D eigenvalue weighted by molar-refractivity contribution is 5.76. The summed E-state index contributed by atoms with van der Waals surface area (Å²) in [7, 11) is 0. The van der Waals surface area contributed by atoms with E-state index in [2.05, 4.69) is 0 Å². The van der Waals surface area contributed by atoms with Crippen molar-refractivity contribution < 1.29 is 20.1 Å². The molecule has 0 spiro atoms. The van der Waals surface area contributed by atoms with Crippen LogP contribution in [0.2, 0.25) is 0 Å². The van der Waals surface area contributed by atoms with Crippen molar-refractivity contribution in [2.75, 3.05) is 0 Å². The van der Waals surface area contributed by atoms with Gasteiger partial charge in [0.2, 0.25) is 0 Å². The van der Waals surface area contributed by atoms with Crippen LogP contribution in [0.25, 0.3) is 0 Å². The number of aliphatic hydroxyl groups excluding tert-OH is 1. The van der Waals surface area contributed by atoms with Gasteiger partial charge in [-0.25, -0.2) is 0 Å². The van der Waals surface area contributed by atoms with Crippen molar-refractivity contribution in [2.24, 2.45) is 5.73 Å². The van der Waals surface area contributed by atoms with Crippen molar-refractivity contribution in [3.8, 4) is 5.75 Å². The monoisotopic (exact) mass is 197 g/mol. The van der Waals surface area contributed by atoms with E-state index in [0.717, 1.165) is 0 Å². The first-order chi connectivity index (χ1) is 6.57. The third-order valence-corrected chi connectivity index (χ3v) is 1.92. The summed E-state index contributed by atoms with van der Waals surface area (Å²) in [5.74, 6) is -1.49. The summed E-state index contributed by atoms with van der Waals surface area (Å²) in [4.78, 5) is 10.6. The Morgan fingerprint density at radius 2 is 2.14 bits per heavy atom. The van der Waals surface area contributed by atoms with Crippen LogP contribution in [0, 0.1) is 0 Å². The molecular weight excluding hydrogens is 186 g/mol. The molecule has 1 aromatic carbocycles. The number of carboxylic acids is 1. The van der Waals surface area contributed by atoms with Crippen LogP contribution in [0.15, 0.2) is 18.2 Å². The fourth-order valence-corrected chi connectivity index (χ4v) is 1.12. The molecule has 5 nitrogen and oxygen atoms in total. The number of aromatic hydroxyl groups is 1. The molecule has 0 aliphatic heterocycles. The molecule has 1 aromatic rings. The zero-order valence-electron chi connectivity index (χ0n) is 7.34. The summed E-state index contributed by atoms with van der Waals surface area (Å²) in [6, 6.07) is 3.16.